The number of rotatable bonds is 4. The molecule has 0 aromatic rings. The summed E-state index contributed by atoms with van der Waals surface area (Å²) in [5.41, 5.74) is 0. The van der Waals surface area contributed by atoms with E-state index >= 15 is 0 Å². The van der Waals surface area contributed by atoms with Gasteiger partial charge in [-0.25, -0.2) is 0 Å². The van der Waals surface area contributed by atoms with Crippen molar-refractivity contribution in [1.29, 1.82) is 0 Å². The zero-order chi connectivity index (χ0) is 8.15. The number of aliphatic hydroxyl groups is 2. The van der Waals surface area contributed by atoms with Crippen molar-refractivity contribution < 1.29 is 10.2 Å². The van der Waals surface area contributed by atoms with Crippen LogP contribution in [-0.2, 0) is 0 Å². The van der Waals surface area contributed by atoms with Gasteiger partial charge >= 0.3 is 0 Å². The van der Waals surface area contributed by atoms with Crippen LogP contribution in [-0.4, -0.2) is 48.0 Å². The molecule has 3 nitrogen and oxygen atoms in total. The molecule has 0 aromatic heterocycles. The van der Waals surface area contributed by atoms with E-state index in [1.807, 2.05) is 19.0 Å². The molecule has 3 heteroatoms. The quantitative estimate of drug-likeness (QED) is 0.573. The molecule has 2 N–H and O–H groups in total. The molecule has 0 spiro atoms. The third kappa shape index (κ3) is 4.73. The van der Waals surface area contributed by atoms with E-state index in [9.17, 15) is 0 Å². The minimum Gasteiger partial charge on any atom is -0.391 e. The Morgan fingerprint density at radius 2 is 1.80 bits per heavy atom. The van der Waals surface area contributed by atoms with Crippen LogP contribution in [0.25, 0.3) is 0 Å². The van der Waals surface area contributed by atoms with Crippen LogP contribution in [0.2, 0.25) is 0 Å². The summed E-state index contributed by atoms with van der Waals surface area (Å²) in [5, 5.41) is 18.0. The fourth-order valence-corrected chi connectivity index (χ4v) is 0.632. The maximum absolute atomic E-state index is 9.10. The van der Waals surface area contributed by atoms with E-state index in [1.54, 1.807) is 6.92 Å². The lowest BCUT2D eigenvalue weighted by atomic mass is 10.1. The average molecular weight is 147 g/mol. The van der Waals surface area contributed by atoms with Crippen molar-refractivity contribution in [1.82, 2.24) is 4.90 Å². The monoisotopic (exact) mass is 147 g/mol. The predicted molar refractivity (Wildman–Crippen MR) is 40.9 cm³/mol. The SMILES string of the molecule is CC(O)C(O)CCN(C)C. The second-order valence-electron chi connectivity index (χ2n) is 2.90. The first-order valence-electron chi connectivity index (χ1n) is 3.55. The second kappa shape index (κ2) is 4.66. The lowest BCUT2D eigenvalue weighted by Gasteiger charge is -2.15. The molecule has 0 aliphatic rings. The van der Waals surface area contributed by atoms with Crippen LogP contribution in [0.1, 0.15) is 13.3 Å². The molecule has 0 saturated carbocycles. The summed E-state index contributed by atoms with van der Waals surface area (Å²) in [6, 6.07) is 0. The second-order valence-corrected chi connectivity index (χ2v) is 2.90. The van der Waals surface area contributed by atoms with Crippen molar-refractivity contribution in [3.8, 4) is 0 Å². The van der Waals surface area contributed by atoms with Gasteiger partial charge in [-0.2, -0.15) is 0 Å². The molecule has 0 rings (SSSR count). The summed E-state index contributed by atoms with van der Waals surface area (Å²) < 4.78 is 0. The highest BCUT2D eigenvalue weighted by Crippen LogP contribution is 1.97. The lowest BCUT2D eigenvalue weighted by molar-refractivity contribution is 0.0224. The molecule has 0 bridgehead atoms. The maximum Gasteiger partial charge on any atom is 0.0808 e. The van der Waals surface area contributed by atoms with Gasteiger partial charge in [0.15, 0.2) is 0 Å². The molecule has 0 saturated heterocycles. The highest BCUT2D eigenvalue weighted by atomic mass is 16.3. The van der Waals surface area contributed by atoms with Crippen LogP contribution < -0.4 is 0 Å². The average Bonchev–Trinajstić information content (AvgIpc) is 1.82. The van der Waals surface area contributed by atoms with Crippen molar-refractivity contribution in [3.05, 3.63) is 0 Å². The summed E-state index contributed by atoms with van der Waals surface area (Å²) >= 11 is 0. The highest BCUT2D eigenvalue weighted by Gasteiger charge is 2.09. The van der Waals surface area contributed by atoms with Gasteiger partial charge in [0.2, 0.25) is 0 Å². The Morgan fingerprint density at radius 3 is 2.10 bits per heavy atom. The van der Waals surface area contributed by atoms with Crippen LogP contribution in [0.4, 0.5) is 0 Å². The minimum absolute atomic E-state index is 0.581. The first-order chi connectivity index (χ1) is 4.54. The summed E-state index contributed by atoms with van der Waals surface area (Å²) in [7, 11) is 3.88. The standard InChI is InChI=1S/C7H17NO2/c1-6(9)7(10)4-5-8(2)3/h6-7,9-10H,4-5H2,1-3H3. The van der Waals surface area contributed by atoms with E-state index in [1.165, 1.54) is 0 Å². The fraction of sp³-hybridized carbons (Fsp3) is 1.00. The van der Waals surface area contributed by atoms with Gasteiger partial charge < -0.3 is 15.1 Å². The van der Waals surface area contributed by atoms with Gasteiger partial charge in [0, 0.05) is 6.54 Å². The molecule has 2 unspecified atom stereocenters. The summed E-state index contributed by atoms with van der Waals surface area (Å²) in [5.74, 6) is 0. The molecule has 0 aromatic carbocycles. The molecule has 0 aliphatic carbocycles. The molecular formula is C7H17NO2. The third-order valence-corrected chi connectivity index (χ3v) is 1.43. The molecule has 0 amide bonds. The van der Waals surface area contributed by atoms with E-state index in [-0.39, 0.29) is 0 Å². The minimum atomic E-state index is -0.611. The zero-order valence-corrected chi connectivity index (χ0v) is 6.91. The van der Waals surface area contributed by atoms with E-state index in [2.05, 4.69) is 0 Å². The van der Waals surface area contributed by atoms with Crippen molar-refractivity contribution >= 4 is 0 Å². The van der Waals surface area contributed by atoms with Crippen LogP contribution in [0, 0.1) is 0 Å². The van der Waals surface area contributed by atoms with Gasteiger partial charge in [0.1, 0.15) is 0 Å². The van der Waals surface area contributed by atoms with Crippen molar-refractivity contribution in [2.45, 2.75) is 25.6 Å². The zero-order valence-electron chi connectivity index (χ0n) is 6.91. The first kappa shape index (κ1) is 9.88. The Kier molecular flexibility index (Phi) is 4.60. The lowest BCUT2D eigenvalue weighted by Crippen LogP contribution is -2.27. The summed E-state index contributed by atoms with van der Waals surface area (Å²) in [4.78, 5) is 1.98. The first-order valence-corrected chi connectivity index (χ1v) is 3.55. The van der Waals surface area contributed by atoms with E-state index in [4.69, 9.17) is 10.2 Å². The summed E-state index contributed by atoms with van der Waals surface area (Å²) in [6.07, 6.45) is -0.563. The molecule has 10 heavy (non-hydrogen) atoms. The molecular weight excluding hydrogens is 130 g/mol. The molecule has 0 fully saturated rings. The molecule has 2 atom stereocenters. The van der Waals surface area contributed by atoms with Gasteiger partial charge in [-0.05, 0) is 27.4 Å². The Morgan fingerprint density at radius 1 is 1.30 bits per heavy atom. The molecule has 0 heterocycles. The third-order valence-electron chi connectivity index (χ3n) is 1.43. The maximum atomic E-state index is 9.10. The number of aliphatic hydroxyl groups excluding tert-OH is 2. The van der Waals surface area contributed by atoms with Gasteiger partial charge in [0.05, 0.1) is 12.2 Å². The van der Waals surface area contributed by atoms with Crippen molar-refractivity contribution in [2.24, 2.45) is 0 Å². The predicted octanol–water partition coefficient (Wildman–Crippen LogP) is -0.320. The van der Waals surface area contributed by atoms with Gasteiger partial charge in [-0.1, -0.05) is 0 Å². The normalized spacial score (nSPS) is 17.4. The Labute approximate surface area is 62.3 Å². The fourth-order valence-electron chi connectivity index (χ4n) is 0.632. The molecule has 62 valence electrons. The van der Waals surface area contributed by atoms with E-state index in [0.29, 0.717) is 6.42 Å². The Hall–Kier alpha value is -0.120. The Balaban J connectivity index is 3.30. The van der Waals surface area contributed by atoms with Gasteiger partial charge in [0.25, 0.3) is 0 Å². The Bertz CT molecular complexity index is 83.7. The van der Waals surface area contributed by atoms with Crippen molar-refractivity contribution in [3.63, 3.8) is 0 Å². The van der Waals surface area contributed by atoms with Crippen molar-refractivity contribution in [2.75, 3.05) is 20.6 Å². The topological polar surface area (TPSA) is 43.7 Å². The smallest absolute Gasteiger partial charge is 0.0808 e. The highest BCUT2D eigenvalue weighted by molar-refractivity contribution is 4.62. The molecule has 0 aliphatic heterocycles. The van der Waals surface area contributed by atoms with E-state index < -0.39 is 12.2 Å². The molecule has 0 radical (unpaired) electrons. The van der Waals surface area contributed by atoms with Crippen LogP contribution in [0.5, 0.6) is 0 Å². The number of hydrogen-bond acceptors (Lipinski definition) is 3. The van der Waals surface area contributed by atoms with E-state index in [0.717, 1.165) is 6.54 Å². The summed E-state index contributed by atoms with van der Waals surface area (Å²) in [6.45, 7) is 2.41. The van der Waals surface area contributed by atoms with Crippen LogP contribution in [0.15, 0.2) is 0 Å². The van der Waals surface area contributed by atoms with Gasteiger partial charge in [-0.3, -0.25) is 0 Å². The van der Waals surface area contributed by atoms with Gasteiger partial charge in [-0.15, -0.1) is 0 Å². The number of nitrogens with zero attached hydrogens (tertiary/aromatic N) is 1. The van der Waals surface area contributed by atoms with Crippen LogP contribution >= 0.6 is 0 Å². The number of hydrogen-bond donors (Lipinski definition) is 2. The van der Waals surface area contributed by atoms with Crippen LogP contribution in [0.3, 0.4) is 0 Å². The largest absolute Gasteiger partial charge is 0.391 e.